The second kappa shape index (κ2) is 4.49. The molecule has 1 radical (unpaired) electrons. The number of unbranched alkanes of at least 4 members (excludes halogenated alkanes) is 1. The molecule has 1 rings (SSSR count). The molecule has 1 aromatic heterocycles. The number of aromatic nitrogens is 2. The Bertz CT molecular complexity index is 283. The highest BCUT2D eigenvalue weighted by atomic mass is 16.3. The van der Waals surface area contributed by atoms with Crippen LogP contribution in [-0.2, 0) is 5.11 Å². The van der Waals surface area contributed by atoms with Gasteiger partial charge in [-0.3, -0.25) is 9.90 Å². The Morgan fingerprint density at radius 3 is 3.00 bits per heavy atom. The van der Waals surface area contributed by atoms with Gasteiger partial charge in [-0.1, -0.05) is 13.3 Å². The van der Waals surface area contributed by atoms with Gasteiger partial charge in [0, 0.05) is 12.6 Å². The fourth-order valence-electron chi connectivity index (χ4n) is 0.890. The fourth-order valence-corrected chi connectivity index (χ4v) is 0.890. The van der Waals surface area contributed by atoms with Crippen LogP contribution in [0, 0.1) is 0 Å². The van der Waals surface area contributed by atoms with Crippen molar-refractivity contribution in [1.29, 1.82) is 0 Å². The molecule has 1 heterocycles. The van der Waals surface area contributed by atoms with E-state index in [0.29, 0.717) is 6.54 Å². The zero-order valence-corrected chi connectivity index (χ0v) is 7.46. The first-order valence-corrected chi connectivity index (χ1v) is 4.24. The Morgan fingerprint density at radius 1 is 1.69 bits per heavy atom. The molecule has 0 spiro atoms. The van der Waals surface area contributed by atoms with Gasteiger partial charge in [0.25, 0.3) is 11.8 Å². The number of carbonyl (C=O) groups is 1. The van der Waals surface area contributed by atoms with Crippen LogP contribution < -0.4 is 5.32 Å². The number of H-pyrrole nitrogens is 1. The summed E-state index contributed by atoms with van der Waals surface area (Å²) >= 11 is 0. The van der Waals surface area contributed by atoms with Crippen molar-refractivity contribution in [2.75, 3.05) is 6.54 Å². The SMILES string of the molecule is CCCCNC(=O)c1cc([O])[nH]n1. The lowest BCUT2D eigenvalue weighted by molar-refractivity contribution is 0.0948. The van der Waals surface area contributed by atoms with E-state index in [1.54, 1.807) is 0 Å². The predicted molar refractivity (Wildman–Crippen MR) is 46.0 cm³/mol. The lowest BCUT2D eigenvalue weighted by Crippen LogP contribution is -2.24. The molecule has 0 bridgehead atoms. The molecule has 0 unspecified atom stereocenters. The third kappa shape index (κ3) is 2.77. The van der Waals surface area contributed by atoms with Crippen LogP contribution in [0.15, 0.2) is 6.07 Å². The highest BCUT2D eigenvalue weighted by Crippen LogP contribution is 2.05. The summed E-state index contributed by atoms with van der Waals surface area (Å²) in [7, 11) is 0. The van der Waals surface area contributed by atoms with Gasteiger partial charge in [0.15, 0.2) is 5.69 Å². The zero-order chi connectivity index (χ0) is 9.68. The number of amides is 1. The van der Waals surface area contributed by atoms with Crippen molar-refractivity contribution in [3.05, 3.63) is 11.8 Å². The van der Waals surface area contributed by atoms with E-state index < -0.39 is 0 Å². The van der Waals surface area contributed by atoms with Crippen LogP contribution in [-0.4, -0.2) is 22.6 Å². The van der Waals surface area contributed by atoms with Crippen molar-refractivity contribution in [2.45, 2.75) is 19.8 Å². The van der Waals surface area contributed by atoms with Gasteiger partial charge in [0.05, 0.1) is 0 Å². The minimum Gasteiger partial charge on any atom is -0.351 e. The monoisotopic (exact) mass is 182 g/mol. The predicted octanol–water partition coefficient (Wildman–Crippen LogP) is 1.08. The van der Waals surface area contributed by atoms with Crippen molar-refractivity contribution < 1.29 is 9.90 Å². The summed E-state index contributed by atoms with van der Waals surface area (Å²) in [4.78, 5) is 11.2. The van der Waals surface area contributed by atoms with Crippen LogP contribution >= 0.6 is 0 Å². The third-order valence-electron chi connectivity index (χ3n) is 1.60. The minimum atomic E-state index is -0.347. The van der Waals surface area contributed by atoms with Crippen molar-refractivity contribution in [1.82, 2.24) is 15.5 Å². The Morgan fingerprint density at radius 2 is 2.46 bits per heavy atom. The number of nitrogens with one attached hydrogen (secondary N) is 2. The lowest BCUT2D eigenvalue weighted by atomic mass is 10.3. The van der Waals surface area contributed by atoms with E-state index in [0.717, 1.165) is 12.8 Å². The largest absolute Gasteiger partial charge is 0.351 e. The topological polar surface area (TPSA) is 77.7 Å². The molecule has 13 heavy (non-hydrogen) atoms. The summed E-state index contributed by atoms with van der Waals surface area (Å²) in [5, 5.41) is 19.0. The summed E-state index contributed by atoms with van der Waals surface area (Å²) in [5.74, 6) is -0.646. The highest BCUT2D eigenvalue weighted by Gasteiger charge is 2.09. The summed E-state index contributed by atoms with van der Waals surface area (Å²) in [6, 6.07) is 1.18. The quantitative estimate of drug-likeness (QED) is 0.683. The van der Waals surface area contributed by atoms with Crippen LogP contribution in [0.3, 0.4) is 0 Å². The van der Waals surface area contributed by atoms with E-state index in [4.69, 9.17) is 0 Å². The molecule has 0 aliphatic heterocycles. The average Bonchev–Trinajstić information content (AvgIpc) is 2.52. The van der Waals surface area contributed by atoms with Gasteiger partial charge >= 0.3 is 0 Å². The Balaban J connectivity index is 2.40. The zero-order valence-electron chi connectivity index (χ0n) is 7.46. The van der Waals surface area contributed by atoms with E-state index in [1.807, 2.05) is 6.92 Å². The first-order chi connectivity index (χ1) is 6.24. The van der Waals surface area contributed by atoms with Gasteiger partial charge in [-0.15, -0.1) is 0 Å². The molecule has 0 fully saturated rings. The van der Waals surface area contributed by atoms with Crippen molar-refractivity contribution in [3.63, 3.8) is 0 Å². The third-order valence-corrected chi connectivity index (χ3v) is 1.60. The molecule has 0 saturated heterocycles. The van der Waals surface area contributed by atoms with E-state index in [-0.39, 0.29) is 17.5 Å². The van der Waals surface area contributed by atoms with Crippen LogP contribution in [0.25, 0.3) is 0 Å². The molecule has 1 amide bonds. The number of hydrogen-bond donors (Lipinski definition) is 2. The van der Waals surface area contributed by atoms with Crippen molar-refractivity contribution >= 4 is 5.91 Å². The standard InChI is InChI=1S/C8H12N3O2/c1-2-3-4-9-8(13)6-5-7(12)11-10-6/h5H,2-4H2,1H3,(H,9,13)(H,10,11). The average molecular weight is 182 g/mol. The molecule has 2 N–H and O–H groups in total. The molecule has 0 atom stereocenters. The minimum absolute atomic E-state index is 0.154. The Hall–Kier alpha value is -1.52. The molecule has 0 aliphatic carbocycles. The lowest BCUT2D eigenvalue weighted by Gasteiger charge is -1.99. The number of aromatic amines is 1. The second-order valence-corrected chi connectivity index (χ2v) is 2.73. The summed E-state index contributed by atoms with van der Waals surface area (Å²) in [5.41, 5.74) is 0.154. The molecule has 0 aromatic carbocycles. The van der Waals surface area contributed by atoms with Crippen LogP contribution in [0.4, 0.5) is 0 Å². The summed E-state index contributed by atoms with van der Waals surface area (Å²) in [6.07, 6.45) is 1.95. The molecular weight excluding hydrogens is 170 g/mol. The first kappa shape index (κ1) is 9.57. The first-order valence-electron chi connectivity index (χ1n) is 4.24. The maximum absolute atomic E-state index is 11.2. The number of rotatable bonds is 4. The van der Waals surface area contributed by atoms with E-state index >= 15 is 0 Å². The second-order valence-electron chi connectivity index (χ2n) is 2.73. The van der Waals surface area contributed by atoms with Crippen LogP contribution in [0.2, 0.25) is 0 Å². The van der Waals surface area contributed by atoms with E-state index in [1.165, 1.54) is 6.07 Å². The number of carbonyl (C=O) groups excluding carboxylic acids is 1. The molecular formula is C8H12N3O2. The summed E-state index contributed by atoms with van der Waals surface area (Å²) < 4.78 is 0. The number of hydrogen-bond acceptors (Lipinski definition) is 2. The number of nitrogens with zero attached hydrogens (tertiary/aromatic N) is 1. The summed E-state index contributed by atoms with van der Waals surface area (Å²) in [6.45, 7) is 2.66. The van der Waals surface area contributed by atoms with Crippen molar-refractivity contribution in [2.24, 2.45) is 0 Å². The maximum atomic E-state index is 11.2. The van der Waals surface area contributed by atoms with Crippen molar-refractivity contribution in [3.8, 4) is 5.88 Å². The van der Waals surface area contributed by atoms with E-state index in [2.05, 4.69) is 15.5 Å². The van der Waals surface area contributed by atoms with Gasteiger partial charge in [-0.25, -0.2) is 5.10 Å². The molecule has 71 valence electrons. The Labute approximate surface area is 76.2 Å². The highest BCUT2D eigenvalue weighted by molar-refractivity contribution is 5.92. The van der Waals surface area contributed by atoms with Gasteiger partial charge in [0.2, 0.25) is 0 Å². The maximum Gasteiger partial charge on any atom is 0.271 e. The van der Waals surface area contributed by atoms with Gasteiger partial charge in [-0.05, 0) is 6.42 Å². The van der Waals surface area contributed by atoms with Gasteiger partial charge in [0.1, 0.15) is 0 Å². The Kier molecular flexibility index (Phi) is 3.31. The van der Waals surface area contributed by atoms with Gasteiger partial charge < -0.3 is 5.32 Å². The molecule has 1 aromatic rings. The van der Waals surface area contributed by atoms with Crippen LogP contribution in [0.5, 0.6) is 5.88 Å². The molecule has 0 saturated carbocycles. The fraction of sp³-hybridized carbons (Fsp3) is 0.500. The van der Waals surface area contributed by atoms with Gasteiger partial charge in [-0.2, -0.15) is 5.10 Å². The molecule has 5 heteroatoms. The molecule has 0 aliphatic rings. The van der Waals surface area contributed by atoms with E-state index in [9.17, 15) is 9.90 Å². The normalized spacial score (nSPS) is 9.92. The smallest absolute Gasteiger partial charge is 0.271 e. The molecule has 5 nitrogen and oxygen atoms in total. The van der Waals surface area contributed by atoms with Crippen LogP contribution in [0.1, 0.15) is 30.3 Å².